The highest BCUT2D eigenvalue weighted by Gasteiger charge is 2.30. The number of benzene rings is 2. The van der Waals surface area contributed by atoms with Crippen molar-refractivity contribution in [2.75, 3.05) is 23.7 Å². The number of aromatic nitrogens is 1. The molecule has 0 aliphatic carbocycles. The number of hydrogen-bond donors (Lipinski definition) is 3. The van der Waals surface area contributed by atoms with Crippen molar-refractivity contribution in [1.29, 1.82) is 0 Å². The number of amides is 2. The van der Waals surface area contributed by atoms with Crippen LogP contribution in [0, 0.1) is 0 Å². The number of rotatable bonds is 8. The van der Waals surface area contributed by atoms with Gasteiger partial charge in [-0.3, -0.25) is 9.59 Å². The highest BCUT2D eigenvalue weighted by atomic mass is 16.2. The van der Waals surface area contributed by atoms with E-state index in [1.165, 1.54) is 11.8 Å². The van der Waals surface area contributed by atoms with Crippen molar-refractivity contribution < 1.29 is 9.59 Å². The van der Waals surface area contributed by atoms with E-state index in [4.69, 9.17) is 5.73 Å². The van der Waals surface area contributed by atoms with Crippen LogP contribution in [0.5, 0.6) is 0 Å². The molecule has 1 aliphatic rings. The Morgan fingerprint density at radius 2 is 1.81 bits per heavy atom. The third kappa shape index (κ3) is 4.88. The summed E-state index contributed by atoms with van der Waals surface area (Å²) >= 11 is 0. The lowest BCUT2D eigenvalue weighted by Crippen LogP contribution is -2.48. The first-order chi connectivity index (χ1) is 15.5. The number of carbonyl (C=O) groups is 2. The van der Waals surface area contributed by atoms with E-state index in [0.717, 1.165) is 24.3 Å². The van der Waals surface area contributed by atoms with Gasteiger partial charge in [-0.25, -0.2) is 4.98 Å². The highest BCUT2D eigenvalue weighted by Crippen LogP contribution is 2.29. The Labute approximate surface area is 187 Å². The van der Waals surface area contributed by atoms with Crippen molar-refractivity contribution in [3.8, 4) is 0 Å². The van der Waals surface area contributed by atoms with E-state index < -0.39 is 5.91 Å². The lowest BCUT2D eigenvalue weighted by atomic mass is 9.91. The first-order valence-corrected chi connectivity index (χ1v) is 10.8. The van der Waals surface area contributed by atoms with E-state index >= 15 is 0 Å². The summed E-state index contributed by atoms with van der Waals surface area (Å²) in [5.74, 6) is 0.685. The average Bonchev–Trinajstić information content (AvgIpc) is 2.78. The van der Waals surface area contributed by atoms with Crippen molar-refractivity contribution in [1.82, 2.24) is 9.88 Å². The number of carbonyl (C=O) groups excluding carboxylic acids is 2. The second-order valence-corrected chi connectivity index (χ2v) is 7.91. The molecule has 1 fully saturated rings. The smallest absolute Gasteiger partial charge is 0.252 e. The minimum Gasteiger partial charge on any atom is -0.380 e. The van der Waals surface area contributed by atoms with Gasteiger partial charge >= 0.3 is 0 Å². The van der Waals surface area contributed by atoms with E-state index in [1.807, 2.05) is 54.3 Å². The Bertz CT molecular complexity index is 1090. The fourth-order valence-electron chi connectivity index (χ4n) is 3.76. The van der Waals surface area contributed by atoms with Gasteiger partial charge < -0.3 is 21.3 Å². The molecule has 0 spiro atoms. The Morgan fingerprint density at radius 3 is 2.47 bits per heavy atom. The monoisotopic (exact) mass is 429 g/mol. The van der Waals surface area contributed by atoms with Crippen LogP contribution in [-0.2, 0) is 11.3 Å². The molecule has 7 heteroatoms. The van der Waals surface area contributed by atoms with Crippen LogP contribution in [0.1, 0.15) is 40.7 Å². The molecular weight excluding hydrogens is 402 g/mol. The predicted octanol–water partition coefficient (Wildman–Crippen LogP) is 3.87. The van der Waals surface area contributed by atoms with E-state index in [2.05, 4.69) is 27.8 Å². The van der Waals surface area contributed by atoms with Gasteiger partial charge in [0.1, 0.15) is 5.82 Å². The van der Waals surface area contributed by atoms with Gasteiger partial charge in [0.15, 0.2) is 0 Å². The average molecular weight is 430 g/mol. The van der Waals surface area contributed by atoms with E-state index in [-0.39, 0.29) is 5.91 Å². The van der Waals surface area contributed by atoms with Gasteiger partial charge in [0, 0.05) is 49.9 Å². The molecule has 0 saturated carbocycles. The summed E-state index contributed by atoms with van der Waals surface area (Å²) in [6, 6.07) is 19.9. The number of anilines is 3. The first-order valence-electron chi connectivity index (χ1n) is 10.8. The molecule has 0 unspecified atom stereocenters. The second kappa shape index (κ2) is 9.51. The SMILES string of the molecule is CCC(=O)N1CC(c2ccc(Nc3cc(NCc4ccccc4)c(C(N)=O)cn3)cc2)C1. The Balaban J connectivity index is 1.42. The lowest BCUT2D eigenvalue weighted by Gasteiger charge is -2.39. The van der Waals surface area contributed by atoms with Crippen LogP contribution in [0.15, 0.2) is 66.9 Å². The van der Waals surface area contributed by atoms with Crippen LogP contribution in [0.25, 0.3) is 0 Å². The molecule has 2 amide bonds. The zero-order valence-electron chi connectivity index (χ0n) is 18.0. The standard InChI is InChI=1S/C25H27N5O2/c1-2-24(31)30-15-19(16-30)18-8-10-20(11-9-18)29-23-12-22(21(14-28-23)25(26)32)27-13-17-6-4-3-5-7-17/h3-12,14,19H,2,13,15-16H2,1H3,(H2,26,32)(H2,27,28,29). The number of nitrogens with one attached hydrogen (secondary N) is 2. The van der Waals surface area contributed by atoms with Gasteiger partial charge in [-0.05, 0) is 23.3 Å². The van der Waals surface area contributed by atoms with Crippen molar-refractivity contribution in [3.05, 3.63) is 83.6 Å². The molecule has 164 valence electrons. The molecule has 1 aromatic heterocycles. The van der Waals surface area contributed by atoms with Gasteiger partial charge in [0.05, 0.1) is 11.3 Å². The maximum Gasteiger partial charge on any atom is 0.252 e. The van der Waals surface area contributed by atoms with Crippen molar-refractivity contribution in [2.45, 2.75) is 25.8 Å². The molecule has 4 N–H and O–H groups in total. The number of nitrogens with zero attached hydrogens (tertiary/aromatic N) is 2. The van der Waals surface area contributed by atoms with Crippen LogP contribution in [0.2, 0.25) is 0 Å². The third-order valence-corrected chi connectivity index (χ3v) is 5.69. The highest BCUT2D eigenvalue weighted by molar-refractivity contribution is 5.98. The minimum absolute atomic E-state index is 0.210. The molecule has 1 aliphatic heterocycles. The molecule has 2 aromatic carbocycles. The predicted molar refractivity (Wildman–Crippen MR) is 126 cm³/mol. The van der Waals surface area contributed by atoms with Gasteiger partial charge in [0.2, 0.25) is 5.91 Å². The maximum absolute atomic E-state index is 11.8. The molecule has 0 bridgehead atoms. The molecule has 0 atom stereocenters. The van der Waals surface area contributed by atoms with Crippen LogP contribution in [0.4, 0.5) is 17.2 Å². The van der Waals surface area contributed by atoms with E-state index in [9.17, 15) is 9.59 Å². The Morgan fingerprint density at radius 1 is 1.09 bits per heavy atom. The Hall–Kier alpha value is -3.87. The first kappa shape index (κ1) is 21.4. The molecular formula is C25H27N5O2. The van der Waals surface area contributed by atoms with E-state index in [0.29, 0.717) is 36.0 Å². The van der Waals surface area contributed by atoms with Crippen LogP contribution in [-0.4, -0.2) is 34.8 Å². The van der Waals surface area contributed by atoms with E-state index in [1.54, 1.807) is 6.07 Å². The summed E-state index contributed by atoms with van der Waals surface area (Å²) in [7, 11) is 0. The number of pyridine rings is 1. The summed E-state index contributed by atoms with van der Waals surface area (Å²) in [6.07, 6.45) is 2.04. The molecule has 0 radical (unpaired) electrons. The molecule has 2 heterocycles. The lowest BCUT2D eigenvalue weighted by molar-refractivity contribution is -0.135. The quantitative estimate of drug-likeness (QED) is 0.505. The number of hydrogen-bond acceptors (Lipinski definition) is 5. The summed E-state index contributed by atoms with van der Waals surface area (Å²) in [4.78, 5) is 29.8. The summed E-state index contributed by atoms with van der Waals surface area (Å²) in [6.45, 7) is 4.03. The molecule has 7 nitrogen and oxygen atoms in total. The number of likely N-dealkylation sites (tertiary alicyclic amines) is 1. The molecule has 1 saturated heterocycles. The topological polar surface area (TPSA) is 100 Å². The minimum atomic E-state index is -0.528. The largest absolute Gasteiger partial charge is 0.380 e. The molecule has 3 aromatic rings. The molecule has 4 rings (SSSR count). The molecule has 32 heavy (non-hydrogen) atoms. The van der Waals surface area contributed by atoms with Crippen molar-refractivity contribution >= 4 is 29.0 Å². The third-order valence-electron chi connectivity index (χ3n) is 5.69. The van der Waals surface area contributed by atoms with Crippen molar-refractivity contribution in [3.63, 3.8) is 0 Å². The van der Waals surface area contributed by atoms with Gasteiger partial charge in [0.25, 0.3) is 5.91 Å². The number of primary amides is 1. The van der Waals surface area contributed by atoms with Crippen LogP contribution >= 0.6 is 0 Å². The summed E-state index contributed by atoms with van der Waals surface area (Å²) < 4.78 is 0. The van der Waals surface area contributed by atoms with Crippen LogP contribution in [0.3, 0.4) is 0 Å². The second-order valence-electron chi connectivity index (χ2n) is 7.91. The van der Waals surface area contributed by atoms with Gasteiger partial charge in [-0.15, -0.1) is 0 Å². The summed E-state index contributed by atoms with van der Waals surface area (Å²) in [5.41, 5.74) is 9.71. The van der Waals surface area contributed by atoms with Crippen LogP contribution < -0.4 is 16.4 Å². The zero-order chi connectivity index (χ0) is 22.5. The number of nitrogens with two attached hydrogens (primary N) is 1. The van der Waals surface area contributed by atoms with Gasteiger partial charge in [-0.2, -0.15) is 0 Å². The maximum atomic E-state index is 11.8. The Kier molecular flexibility index (Phi) is 6.35. The fraction of sp³-hybridized carbons (Fsp3) is 0.240. The van der Waals surface area contributed by atoms with Gasteiger partial charge in [-0.1, -0.05) is 49.4 Å². The summed E-state index contributed by atoms with van der Waals surface area (Å²) in [5, 5.41) is 6.56. The zero-order valence-corrected chi connectivity index (χ0v) is 18.0. The normalized spacial score (nSPS) is 13.3. The fourth-order valence-corrected chi connectivity index (χ4v) is 3.76. The van der Waals surface area contributed by atoms with Crippen molar-refractivity contribution in [2.24, 2.45) is 5.73 Å².